The highest BCUT2D eigenvalue weighted by molar-refractivity contribution is 5.39. The van der Waals surface area contributed by atoms with Crippen LogP contribution in [0.2, 0.25) is 0 Å². The average molecular weight is 289 g/mol. The number of ether oxygens (including phenoxy) is 1. The van der Waals surface area contributed by atoms with Crippen LogP contribution in [-0.4, -0.2) is 13.7 Å². The molecule has 1 N–H and O–H groups in total. The number of methoxy groups -OCH3 is 1. The lowest BCUT2D eigenvalue weighted by molar-refractivity contribution is 0.353. The topological polar surface area (TPSA) is 21.3 Å². The zero-order chi connectivity index (χ0) is 14.6. The van der Waals surface area contributed by atoms with Crippen LogP contribution in [-0.2, 0) is 0 Å². The summed E-state index contributed by atoms with van der Waals surface area (Å²) < 4.78 is 19.2. The van der Waals surface area contributed by atoms with Gasteiger partial charge in [-0.1, -0.05) is 6.92 Å². The largest absolute Gasteiger partial charge is 0.496 e. The maximum Gasteiger partial charge on any atom is 0.123 e. The Morgan fingerprint density at radius 3 is 2.62 bits per heavy atom. The summed E-state index contributed by atoms with van der Waals surface area (Å²) in [5, 5.41) is 3.61. The second-order valence-electron chi connectivity index (χ2n) is 6.99. The first kappa shape index (κ1) is 13.6. The standard InChI is InChI=1S/C18H24FNO/c1-3-20-18(13-9-12(19)6-7-14(13)21-2)17-15-10-4-5-11(8-10)16(15)17/h6-7,9-11,15-18,20H,3-5,8H2,1-2H3. The fraction of sp³-hybridized carbons (Fsp3) is 0.667. The Bertz CT molecular complexity index is 530. The van der Waals surface area contributed by atoms with Gasteiger partial charge in [0.25, 0.3) is 0 Å². The molecule has 0 spiro atoms. The molecule has 1 aromatic carbocycles. The first-order valence-electron chi connectivity index (χ1n) is 8.31. The average Bonchev–Trinajstić information content (AvgIpc) is 2.90. The van der Waals surface area contributed by atoms with E-state index in [-0.39, 0.29) is 11.9 Å². The van der Waals surface area contributed by atoms with Crippen molar-refractivity contribution in [3.63, 3.8) is 0 Å². The van der Waals surface area contributed by atoms with Crippen molar-refractivity contribution in [1.82, 2.24) is 5.32 Å². The van der Waals surface area contributed by atoms with Crippen LogP contribution in [0, 0.1) is 35.4 Å². The molecule has 0 amide bonds. The van der Waals surface area contributed by atoms with Crippen LogP contribution in [0.15, 0.2) is 18.2 Å². The summed E-state index contributed by atoms with van der Waals surface area (Å²) in [6, 6.07) is 5.17. The third-order valence-corrected chi connectivity index (χ3v) is 6.13. The zero-order valence-corrected chi connectivity index (χ0v) is 12.8. The summed E-state index contributed by atoms with van der Waals surface area (Å²) in [5.41, 5.74) is 1.01. The van der Waals surface area contributed by atoms with Crippen molar-refractivity contribution in [2.75, 3.05) is 13.7 Å². The van der Waals surface area contributed by atoms with E-state index in [1.165, 1.54) is 25.3 Å². The van der Waals surface area contributed by atoms with Crippen LogP contribution >= 0.6 is 0 Å². The Kier molecular flexibility index (Phi) is 3.21. The molecule has 0 aliphatic heterocycles. The van der Waals surface area contributed by atoms with Crippen LogP contribution in [0.25, 0.3) is 0 Å². The van der Waals surface area contributed by atoms with Gasteiger partial charge in [0.15, 0.2) is 0 Å². The predicted octanol–water partition coefficient (Wildman–Crippen LogP) is 3.78. The molecule has 0 heterocycles. The van der Waals surface area contributed by atoms with Gasteiger partial charge in [0.1, 0.15) is 11.6 Å². The van der Waals surface area contributed by atoms with Gasteiger partial charge in [-0.3, -0.25) is 0 Å². The molecule has 5 atom stereocenters. The number of hydrogen-bond acceptors (Lipinski definition) is 2. The Labute approximate surface area is 126 Å². The number of halogens is 1. The number of hydrogen-bond donors (Lipinski definition) is 1. The van der Waals surface area contributed by atoms with Crippen LogP contribution in [0.1, 0.15) is 37.8 Å². The minimum Gasteiger partial charge on any atom is -0.496 e. The molecule has 5 unspecified atom stereocenters. The second-order valence-corrected chi connectivity index (χ2v) is 6.99. The molecule has 2 bridgehead atoms. The first-order chi connectivity index (χ1) is 10.2. The Morgan fingerprint density at radius 2 is 2.00 bits per heavy atom. The molecule has 4 rings (SSSR count). The molecule has 3 aliphatic carbocycles. The minimum atomic E-state index is -0.164. The van der Waals surface area contributed by atoms with Gasteiger partial charge in [0, 0.05) is 11.6 Å². The number of fused-ring (bicyclic) bond motifs is 5. The lowest BCUT2D eigenvalue weighted by Gasteiger charge is -2.24. The van der Waals surface area contributed by atoms with Gasteiger partial charge in [-0.15, -0.1) is 0 Å². The molecule has 3 aliphatic rings. The number of nitrogens with one attached hydrogen (secondary N) is 1. The van der Waals surface area contributed by atoms with Crippen molar-refractivity contribution in [2.45, 2.75) is 32.2 Å². The third-order valence-electron chi connectivity index (χ3n) is 6.13. The molecule has 114 valence electrons. The molecule has 3 saturated carbocycles. The molecule has 2 nitrogen and oxygen atoms in total. The van der Waals surface area contributed by atoms with E-state index in [9.17, 15) is 4.39 Å². The highest BCUT2D eigenvalue weighted by Crippen LogP contribution is 2.72. The van der Waals surface area contributed by atoms with E-state index >= 15 is 0 Å². The highest BCUT2D eigenvalue weighted by atomic mass is 19.1. The number of rotatable bonds is 5. The Hall–Kier alpha value is -1.09. The van der Waals surface area contributed by atoms with Crippen molar-refractivity contribution in [3.05, 3.63) is 29.6 Å². The molecule has 1 aromatic rings. The molecule has 3 heteroatoms. The lowest BCUT2D eigenvalue weighted by atomic mass is 9.92. The van der Waals surface area contributed by atoms with Crippen molar-refractivity contribution < 1.29 is 9.13 Å². The molecule has 0 aromatic heterocycles. The molecule has 0 saturated heterocycles. The summed E-state index contributed by atoms with van der Waals surface area (Å²) in [4.78, 5) is 0. The minimum absolute atomic E-state index is 0.164. The summed E-state index contributed by atoms with van der Waals surface area (Å²) in [7, 11) is 1.68. The summed E-state index contributed by atoms with van der Waals surface area (Å²) >= 11 is 0. The molecule has 21 heavy (non-hydrogen) atoms. The van der Waals surface area contributed by atoms with E-state index in [1.807, 2.05) is 0 Å². The lowest BCUT2D eigenvalue weighted by Crippen LogP contribution is -2.26. The quantitative estimate of drug-likeness (QED) is 0.890. The van der Waals surface area contributed by atoms with Crippen molar-refractivity contribution >= 4 is 0 Å². The van der Waals surface area contributed by atoms with Crippen LogP contribution in [0.3, 0.4) is 0 Å². The summed E-state index contributed by atoms with van der Waals surface area (Å²) in [6.07, 6.45) is 4.29. The van der Waals surface area contributed by atoms with E-state index in [0.29, 0.717) is 5.92 Å². The third kappa shape index (κ3) is 2.01. The van der Waals surface area contributed by atoms with Gasteiger partial charge in [-0.05, 0) is 73.6 Å². The Balaban J connectivity index is 1.65. The van der Waals surface area contributed by atoms with Gasteiger partial charge in [-0.2, -0.15) is 0 Å². The molecule has 0 radical (unpaired) electrons. The normalized spacial score (nSPS) is 37.4. The van der Waals surface area contributed by atoms with E-state index in [0.717, 1.165) is 41.5 Å². The Morgan fingerprint density at radius 1 is 1.29 bits per heavy atom. The van der Waals surface area contributed by atoms with E-state index < -0.39 is 0 Å². The van der Waals surface area contributed by atoms with Crippen LogP contribution in [0.5, 0.6) is 5.75 Å². The zero-order valence-electron chi connectivity index (χ0n) is 12.8. The van der Waals surface area contributed by atoms with Crippen molar-refractivity contribution in [3.8, 4) is 5.75 Å². The van der Waals surface area contributed by atoms with Gasteiger partial charge in [0.2, 0.25) is 0 Å². The molecular weight excluding hydrogens is 265 g/mol. The van der Waals surface area contributed by atoms with Gasteiger partial charge in [-0.25, -0.2) is 4.39 Å². The molecular formula is C18H24FNO. The van der Waals surface area contributed by atoms with Crippen molar-refractivity contribution in [1.29, 1.82) is 0 Å². The van der Waals surface area contributed by atoms with E-state index in [2.05, 4.69) is 12.2 Å². The van der Waals surface area contributed by atoms with Crippen molar-refractivity contribution in [2.24, 2.45) is 29.6 Å². The summed E-state index contributed by atoms with van der Waals surface area (Å²) in [6.45, 7) is 3.04. The van der Waals surface area contributed by atoms with Gasteiger partial charge < -0.3 is 10.1 Å². The van der Waals surface area contributed by atoms with Gasteiger partial charge in [0.05, 0.1) is 7.11 Å². The predicted molar refractivity (Wildman–Crippen MR) is 80.7 cm³/mol. The van der Waals surface area contributed by atoms with E-state index in [1.54, 1.807) is 19.2 Å². The molecule has 3 fully saturated rings. The van der Waals surface area contributed by atoms with Crippen LogP contribution in [0.4, 0.5) is 4.39 Å². The maximum absolute atomic E-state index is 13.7. The van der Waals surface area contributed by atoms with E-state index in [4.69, 9.17) is 4.74 Å². The van der Waals surface area contributed by atoms with Gasteiger partial charge >= 0.3 is 0 Å². The van der Waals surface area contributed by atoms with Crippen LogP contribution < -0.4 is 10.1 Å². The SMILES string of the molecule is CCNC(c1cc(F)ccc1OC)C1C2C3CCC(C3)C21. The first-order valence-corrected chi connectivity index (χ1v) is 8.31. The smallest absolute Gasteiger partial charge is 0.123 e. The number of benzene rings is 1. The highest BCUT2D eigenvalue weighted by Gasteiger charge is 2.66. The fourth-order valence-electron chi connectivity index (χ4n) is 5.46. The monoisotopic (exact) mass is 289 g/mol. The second kappa shape index (κ2) is 4.98. The summed E-state index contributed by atoms with van der Waals surface area (Å²) in [5.74, 6) is 4.96. The fourth-order valence-corrected chi connectivity index (χ4v) is 5.46. The maximum atomic E-state index is 13.7.